The molecule has 0 unspecified atom stereocenters. The normalized spacial score (nSPS) is 12.6. The summed E-state index contributed by atoms with van der Waals surface area (Å²) in [5.74, 6) is -1.43. The molecule has 0 fully saturated rings. The van der Waals surface area contributed by atoms with Crippen LogP contribution in [0.2, 0.25) is 0 Å². The highest BCUT2D eigenvalue weighted by Crippen LogP contribution is 2.07. The second-order valence-electron chi connectivity index (χ2n) is 3.74. The van der Waals surface area contributed by atoms with Gasteiger partial charge >= 0.3 is 5.97 Å². The third-order valence-electron chi connectivity index (χ3n) is 1.05. The van der Waals surface area contributed by atoms with Crippen LogP contribution in [0.5, 0.6) is 0 Å². The molecule has 6 heteroatoms. The van der Waals surface area contributed by atoms with Gasteiger partial charge in [-0.15, -0.1) is 0 Å². The number of sulfonamides is 1. The Morgan fingerprint density at radius 3 is 2.29 bits per heavy atom. The van der Waals surface area contributed by atoms with E-state index in [9.17, 15) is 13.2 Å². The molecule has 0 heterocycles. The summed E-state index contributed by atoms with van der Waals surface area (Å²) in [5, 5.41) is 0. The molecule has 5 nitrogen and oxygen atoms in total. The van der Waals surface area contributed by atoms with Crippen molar-refractivity contribution >= 4 is 16.0 Å². The van der Waals surface area contributed by atoms with E-state index in [1.165, 1.54) is 0 Å². The van der Waals surface area contributed by atoms with Crippen LogP contribution >= 0.6 is 0 Å². The van der Waals surface area contributed by atoms with Crippen LogP contribution in [0.4, 0.5) is 0 Å². The highest BCUT2D eigenvalue weighted by atomic mass is 32.2. The maximum Gasteiger partial charge on any atom is 0.323 e. The van der Waals surface area contributed by atoms with Crippen molar-refractivity contribution in [2.24, 2.45) is 0 Å². The van der Waals surface area contributed by atoms with Crippen molar-refractivity contribution in [1.29, 1.82) is 0 Å². The number of carbonyl (C=O) groups is 1. The van der Waals surface area contributed by atoms with Crippen LogP contribution in [0.1, 0.15) is 20.8 Å². The van der Waals surface area contributed by atoms with Crippen molar-refractivity contribution < 1.29 is 17.9 Å². The Bertz CT molecular complexity index is 289. The Morgan fingerprint density at radius 1 is 1.43 bits per heavy atom. The molecule has 0 aliphatic carbocycles. The van der Waals surface area contributed by atoms with E-state index in [-0.39, 0.29) is 6.54 Å². The summed E-state index contributed by atoms with van der Waals surface area (Å²) in [6.45, 7) is 8.35. The summed E-state index contributed by atoms with van der Waals surface area (Å²) in [6, 6.07) is 0. The van der Waals surface area contributed by atoms with Crippen molar-refractivity contribution in [3.63, 3.8) is 0 Å². The summed E-state index contributed by atoms with van der Waals surface area (Å²) >= 11 is 0. The third kappa shape index (κ3) is 6.85. The Labute approximate surface area is 84.9 Å². The third-order valence-corrected chi connectivity index (χ3v) is 2.31. The highest BCUT2D eigenvalue weighted by Gasteiger charge is 2.21. The monoisotopic (exact) mass is 222 g/mol. The highest BCUT2D eigenvalue weighted by molar-refractivity contribution is 7.90. The molecule has 0 bridgehead atoms. The van der Waals surface area contributed by atoms with Gasteiger partial charge in [0.1, 0.15) is 5.60 Å². The average Bonchev–Trinajstić information content (AvgIpc) is 1.78. The van der Waals surface area contributed by atoms with E-state index in [0.29, 0.717) is 0 Å². The first-order valence-electron chi connectivity index (χ1n) is 4.15. The lowest BCUT2D eigenvalue weighted by atomic mass is 10.2. The van der Waals surface area contributed by atoms with Gasteiger partial charge in [0, 0.05) is 6.54 Å². The molecule has 0 aliphatic rings. The van der Waals surface area contributed by atoms with Gasteiger partial charge in [-0.05, 0) is 27.7 Å². The summed E-state index contributed by atoms with van der Waals surface area (Å²) in [5.41, 5.74) is -0.670. The first kappa shape index (κ1) is 13.4. The first-order chi connectivity index (χ1) is 6.16. The zero-order chi connectivity index (χ0) is 11.4. The maximum absolute atomic E-state index is 11.1. The largest absolute Gasteiger partial charge is 0.459 e. The van der Waals surface area contributed by atoms with Gasteiger partial charge in [-0.1, -0.05) is 0 Å². The number of rotatable bonds is 4. The maximum atomic E-state index is 11.1. The van der Waals surface area contributed by atoms with Crippen LogP contribution in [0.15, 0.2) is 0 Å². The molecular weight excluding hydrogens is 206 g/mol. The van der Waals surface area contributed by atoms with E-state index < -0.39 is 27.3 Å². The molecule has 0 saturated carbocycles. The number of hydrogen-bond acceptors (Lipinski definition) is 4. The molecule has 83 valence electrons. The SMILES string of the molecule is [CH2]CNS(=O)(=O)CC(=O)OC(C)(C)C. The average molecular weight is 222 g/mol. The topological polar surface area (TPSA) is 72.5 Å². The van der Waals surface area contributed by atoms with Gasteiger partial charge < -0.3 is 4.74 Å². The van der Waals surface area contributed by atoms with Gasteiger partial charge in [0.15, 0.2) is 5.75 Å². The lowest BCUT2D eigenvalue weighted by molar-refractivity contribution is -0.151. The number of hydrogen-bond donors (Lipinski definition) is 1. The van der Waals surface area contributed by atoms with Gasteiger partial charge in [-0.2, -0.15) is 0 Å². The molecule has 1 radical (unpaired) electrons. The lowest BCUT2D eigenvalue weighted by Crippen LogP contribution is -2.34. The minimum absolute atomic E-state index is 0.0190. The fourth-order valence-electron chi connectivity index (χ4n) is 0.733. The molecule has 0 aromatic heterocycles. The lowest BCUT2D eigenvalue weighted by Gasteiger charge is -2.19. The molecule has 0 atom stereocenters. The van der Waals surface area contributed by atoms with Crippen LogP contribution in [-0.4, -0.2) is 32.3 Å². The van der Waals surface area contributed by atoms with Crippen LogP contribution in [0.3, 0.4) is 0 Å². The fraction of sp³-hybridized carbons (Fsp3) is 0.750. The Kier molecular flexibility index (Phi) is 4.54. The second kappa shape index (κ2) is 4.75. The van der Waals surface area contributed by atoms with Crippen LogP contribution < -0.4 is 4.72 Å². The van der Waals surface area contributed by atoms with Crippen molar-refractivity contribution in [3.05, 3.63) is 6.92 Å². The molecule has 0 amide bonds. The minimum Gasteiger partial charge on any atom is -0.459 e. The molecule has 14 heavy (non-hydrogen) atoms. The van der Waals surface area contributed by atoms with E-state index in [1.54, 1.807) is 20.8 Å². The first-order valence-corrected chi connectivity index (χ1v) is 5.80. The van der Waals surface area contributed by atoms with E-state index in [0.717, 1.165) is 0 Å². The van der Waals surface area contributed by atoms with E-state index >= 15 is 0 Å². The molecular formula is C8H16NO4S. The van der Waals surface area contributed by atoms with Crippen LogP contribution in [0.25, 0.3) is 0 Å². The van der Waals surface area contributed by atoms with Crippen molar-refractivity contribution in [3.8, 4) is 0 Å². The molecule has 1 N–H and O–H groups in total. The summed E-state index contributed by atoms with van der Waals surface area (Å²) in [7, 11) is -3.59. The number of ether oxygens (including phenoxy) is 1. The number of nitrogens with one attached hydrogen (secondary N) is 1. The quantitative estimate of drug-likeness (QED) is 0.684. The molecule has 0 saturated heterocycles. The summed E-state index contributed by atoms with van der Waals surface area (Å²) < 4.78 is 29.1. The van der Waals surface area contributed by atoms with Gasteiger partial charge in [-0.25, -0.2) is 13.1 Å². The predicted octanol–water partition coefficient (Wildman–Crippen LogP) is 0.0816. The van der Waals surface area contributed by atoms with Crippen molar-refractivity contribution in [2.45, 2.75) is 26.4 Å². The zero-order valence-electron chi connectivity index (χ0n) is 8.66. The van der Waals surface area contributed by atoms with E-state index in [1.807, 2.05) is 0 Å². The van der Waals surface area contributed by atoms with Gasteiger partial charge in [0.2, 0.25) is 10.0 Å². The fourth-order valence-corrected chi connectivity index (χ4v) is 1.51. The Morgan fingerprint density at radius 2 is 1.93 bits per heavy atom. The van der Waals surface area contributed by atoms with Crippen LogP contribution in [-0.2, 0) is 19.6 Å². The van der Waals surface area contributed by atoms with Gasteiger partial charge in [0.05, 0.1) is 0 Å². The molecule has 0 spiro atoms. The minimum atomic E-state index is -3.59. The number of esters is 1. The molecule has 0 aromatic rings. The standard InChI is InChI=1S/C8H16NO4S/c1-5-9-14(11,12)6-7(10)13-8(2,3)4/h9H,1,5-6H2,2-4H3. The summed E-state index contributed by atoms with van der Waals surface area (Å²) in [6.07, 6.45) is 0. The molecule has 0 aliphatic heterocycles. The van der Waals surface area contributed by atoms with Gasteiger partial charge in [-0.3, -0.25) is 4.79 Å². The summed E-state index contributed by atoms with van der Waals surface area (Å²) in [4.78, 5) is 11.1. The second-order valence-corrected chi connectivity index (χ2v) is 5.55. The zero-order valence-corrected chi connectivity index (χ0v) is 9.48. The van der Waals surface area contributed by atoms with Gasteiger partial charge in [0.25, 0.3) is 0 Å². The van der Waals surface area contributed by atoms with E-state index in [4.69, 9.17) is 4.74 Å². The molecule has 0 aromatic carbocycles. The molecule has 0 rings (SSSR count). The smallest absolute Gasteiger partial charge is 0.323 e. The Hall–Kier alpha value is -0.620. The van der Waals surface area contributed by atoms with Crippen LogP contribution in [0, 0.1) is 6.92 Å². The van der Waals surface area contributed by atoms with Crippen molar-refractivity contribution in [1.82, 2.24) is 4.72 Å². The van der Waals surface area contributed by atoms with E-state index in [2.05, 4.69) is 11.6 Å². The van der Waals surface area contributed by atoms with Crippen molar-refractivity contribution in [2.75, 3.05) is 12.3 Å². The Balaban J connectivity index is 4.21. The predicted molar refractivity (Wildman–Crippen MR) is 53.0 cm³/mol. The number of carbonyl (C=O) groups excluding carboxylic acids is 1.